The molecule has 1 aromatic rings. The molecule has 2 saturated carbocycles. The van der Waals surface area contributed by atoms with Crippen molar-refractivity contribution in [2.24, 2.45) is 23.7 Å². The van der Waals surface area contributed by atoms with Gasteiger partial charge in [-0.1, -0.05) is 34.9 Å². The van der Waals surface area contributed by atoms with Crippen molar-refractivity contribution in [1.29, 1.82) is 0 Å². The molecule has 3 aliphatic rings. The van der Waals surface area contributed by atoms with Gasteiger partial charge in [-0.05, 0) is 56.2 Å². The van der Waals surface area contributed by atoms with Gasteiger partial charge in [-0.25, -0.2) is 0 Å². The summed E-state index contributed by atoms with van der Waals surface area (Å²) in [6, 6.07) is 6.93. The van der Waals surface area contributed by atoms with Crippen molar-refractivity contribution < 1.29 is 14.4 Å². The van der Waals surface area contributed by atoms with Crippen LogP contribution in [0.5, 0.6) is 0 Å². The van der Waals surface area contributed by atoms with Crippen LogP contribution >= 0.6 is 11.6 Å². The monoisotopic (exact) mass is 372 g/mol. The van der Waals surface area contributed by atoms with Crippen LogP contribution in [0.1, 0.15) is 32.3 Å². The maximum absolute atomic E-state index is 12.8. The summed E-state index contributed by atoms with van der Waals surface area (Å²) in [5.74, 6) is -1.17. The van der Waals surface area contributed by atoms with E-state index in [0.29, 0.717) is 5.02 Å². The normalized spacial score (nSPS) is 29.3. The Hall–Kier alpha value is -2.14. The maximum atomic E-state index is 12.8. The Labute approximate surface area is 157 Å². The predicted molar refractivity (Wildman–Crippen MR) is 96.7 cm³/mol. The molecule has 26 heavy (non-hydrogen) atoms. The number of rotatable bonds is 3. The molecule has 1 aliphatic heterocycles. The van der Waals surface area contributed by atoms with E-state index in [1.165, 1.54) is 11.1 Å². The summed E-state index contributed by atoms with van der Waals surface area (Å²) >= 11 is 5.84. The Bertz CT molecular complexity index is 794. The van der Waals surface area contributed by atoms with Crippen LogP contribution in [-0.2, 0) is 20.8 Å². The van der Waals surface area contributed by atoms with Crippen LogP contribution in [0.2, 0.25) is 5.02 Å². The van der Waals surface area contributed by atoms with Crippen LogP contribution in [0.25, 0.3) is 0 Å². The second kappa shape index (κ2) is 6.23. The number of amides is 3. The van der Waals surface area contributed by atoms with E-state index >= 15 is 0 Å². The molecule has 1 aromatic carbocycles. The summed E-state index contributed by atoms with van der Waals surface area (Å²) < 4.78 is 0. The van der Waals surface area contributed by atoms with E-state index in [9.17, 15) is 14.4 Å². The molecular weight excluding hydrogens is 352 g/mol. The molecule has 0 aromatic heterocycles. The highest BCUT2D eigenvalue weighted by molar-refractivity contribution is 6.30. The largest absolute Gasteiger partial charge is 0.273 e. The standard InChI is InChI=1S/C20H21ClN2O3/c1-10(2)16-13-7-8-14(16)18-17(13)19(25)23(20(18)26)22-15(24)9-11-3-5-12(21)6-4-11/h3-6,13-14,17-18H,7-9H2,1-2H3,(H,22,24)/t13-,14-,17-,18-/m0/s1. The molecule has 2 bridgehead atoms. The van der Waals surface area contributed by atoms with Crippen molar-refractivity contribution in [1.82, 2.24) is 10.4 Å². The van der Waals surface area contributed by atoms with Gasteiger partial charge in [-0.3, -0.25) is 19.8 Å². The molecule has 0 radical (unpaired) electrons. The van der Waals surface area contributed by atoms with Gasteiger partial charge >= 0.3 is 0 Å². The maximum Gasteiger partial charge on any atom is 0.252 e. The minimum Gasteiger partial charge on any atom is -0.273 e. The number of hydrazine groups is 1. The van der Waals surface area contributed by atoms with Crippen LogP contribution < -0.4 is 5.43 Å². The van der Waals surface area contributed by atoms with E-state index < -0.39 is 0 Å². The van der Waals surface area contributed by atoms with Crippen LogP contribution in [-0.4, -0.2) is 22.7 Å². The quantitative estimate of drug-likeness (QED) is 0.655. The Morgan fingerprint density at radius 3 is 2.12 bits per heavy atom. The molecule has 0 unspecified atom stereocenters. The van der Waals surface area contributed by atoms with E-state index in [4.69, 9.17) is 11.6 Å². The van der Waals surface area contributed by atoms with Gasteiger partial charge in [-0.2, -0.15) is 5.01 Å². The SMILES string of the molecule is CC(C)=C1[C@@H]2CC[C@@H]1[C@@H]1C(=O)N(NC(=O)Cc3ccc(Cl)cc3)C(=O)[C@H]12. The molecular formula is C20H21ClN2O3. The first-order chi connectivity index (χ1) is 12.4. The third-order valence-electron chi connectivity index (χ3n) is 5.94. The van der Waals surface area contributed by atoms with Gasteiger partial charge in [0.15, 0.2) is 0 Å². The number of benzene rings is 1. The van der Waals surface area contributed by atoms with Gasteiger partial charge in [0.25, 0.3) is 11.8 Å². The van der Waals surface area contributed by atoms with Crippen molar-refractivity contribution in [2.45, 2.75) is 33.1 Å². The molecule has 4 atom stereocenters. The first kappa shape index (κ1) is 17.3. The first-order valence-corrected chi connectivity index (χ1v) is 9.35. The van der Waals surface area contributed by atoms with Crippen LogP contribution in [0, 0.1) is 23.7 Å². The lowest BCUT2D eigenvalue weighted by Gasteiger charge is -2.19. The summed E-state index contributed by atoms with van der Waals surface area (Å²) in [4.78, 5) is 38.0. The summed E-state index contributed by atoms with van der Waals surface area (Å²) in [7, 11) is 0. The number of fused-ring (bicyclic) bond motifs is 5. The Balaban J connectivity index is 1.49. The molecule has 5 nitrogen and oxygen atoms in total. The fraction of sp³-hybridized carbons (Fsp3) is 0.450. The van der Waals surface area contributed by atoms with Crippen molar-refractivity contribution in [3.63, 3.8) is 0 Å². The fourth-order valence-electron chi connectivity index (χ4n) is 5.05. The smallest absolute Gasteiger partial charge is 0.252 e. The first-order valence-electron chi connectivity index (χ1n) is 8.97. The van der Waals surface area contributed by atoms with Crippen molar-refractivity contribution >= 4 is 29.3 Å². The number of carbonyl (C=O) groups is 3. The number of carbonyl (C=O) groups excluding carboxylic acids is 3. The summed E-state index contributed by atoms with van der Waals surface area (Å²) in [5, 5.41) is 1.57. The molecule has 1 heterocycles. The molecule has 3 amide bonds. The van der Waals surface area contributed by atoms with Crippen LogP contribution in [0.3, 0.4) is 0 Å². The fourth-order valence-corrected chi connectivity index (χ4v) is 5.18. The zero-order valence-corrected chi connectivity index (χ0v) is 15.5. The van der Waals surface area contributed by atoms with Gasteiger partial charge in [0.2, 0.25) is 5.91 Å². The van der Waals surface area contributed by atoms with E-state index in [-0.39, 0.29) is 47.8 Å². The minimum atomic E-state index is -0.371. The molecule has 1 saturated heterocycles. The van der Waals surface area contributed by atoms with Crippen molar-refractivity contribution in [3.05, 3.63) is 46.0 Å². The molecule has 136 valence electrons. The molecule has 4 rings (SSSR count). The zero-order chi connectivity index (χ0) is 18.6. The number of imide groups is 1. The van der Waals surface area contributed by atoms with Crippen LogP contribution in [0.15, 0.2) is 35.4 Å². The highest BCUT2D eigenvalue weighted by Gasteiger charge is 2.63. The molecule has 3 fully saturated rings. The number of hydrogen-bond donors (Lipinski definition) is 1. The molecule has 0 spiro atoms. The van der Waals surface area contributed by atoms with Crippen molar-refractivity contribution in [3.8, 4) is 0 Å². The minimum absolute atomic E-state index is 0.0929. The third kappa shape index (κ3) is 2.57. The van der Waals surface area contributed by atoms with Gasteiger partial charge < -0.3 is 0 Å². The lowest BCUT2D eigenvalue weighted by Crippen LogP contribution is -2.48. The average Bonchev–Trinajstić information content (AvgIpc) is 3.23. The number of hydrogen-bond acceptors (Lipinski definition) is 3. The zero-order valence-electron chi connectivity index (χ0n) is 14.8. The lowest BCUT2D eigenvalue weighted by molar-refractivity contribution is -0.149. The Morgan fingerprint density at radius 1 is 1.08 bits per heavy atom. The second-order valence-corrected chi connectivity index (χ2v) is 8.08. The summed E-state index contributed by atoms with van der Waals surface area (Å²) in [5.41, 5.74) is 5.83. The molecule has 6 heteroatoms. The molecule has 2 aliphatic carbocycles. The summed E-state index contributed by atoms with van der Waals surface area (Å²) in [6.45, 7) is 4.12. The predicted octanol–water partition coefficient (Wildman–Crippen LogP) is 2.89. The number of allylic oxidation sites excluding steroid dienone is 2. The number of nitrogens with one attached hydrogen (secondary N) is 1. The Morgan fingerprint density at radius 2 is 1.62 bits per heavy atom. The highest BCUT2D eigenvalue weighted by Crippen LogP contribution is 2.59. The van der Waals surface area contributed by atoms with Gasteiger partial charge in [0, 0.05) is 5.02 Å². The van der Waals surface area contributed by atoms with Gasteiger partial charge in [0.05, 0.1) is 18.3 Å². The lowest BCUT2D eigenvalue weighted by atomic mass is 9.81. The van der Waals surface area contributed by atoms with E-state index in [1.807, 2.05) is 0 Å². The third-order valence-corrected chi connectivity index (χ3v) is 6.20. The van der Waals surface area contributed by atoms with Crippen molar-refractivity contribution in [2.75, 3.05) is 0 Å². The average molecular weight is 373 g/mol. The number of halogens is 1. The van der Waals surface area contributed by atoms with Gasteiger partial charge in [-0.15, -0.1) is 0 Å². The highest BCUT2D eigenvalue weighted by atomic mass is 35.5. The van der Waals surface area contributed by atoms with Crippen LogP contribution in [0.4, 0.5) is 0 Å². The van der Waals surface area contributed by atoms with E-state index in [0.717, 1.165) is 23.4 Å². The Kier molecular flexibility index (Phi) is 4.14. The van der Waals surface area contributed by atoms with E-state index in [2.05, 4.69) is 19.3 Å². The second-order valence-electron chi connectivity index (χ2n) is 7.65. The summed E-state index contributed by atoms with van der Waals surface area (Å²) in [6.07, 6.45) is 2.01. The topological polar surface area (TPSA) is 66.5 Å². The van der Waals surface area contributed by atoms with E-state index in [1.54, 1.807) is 24.3 Å². The van der Waals surface area contributed by atoms with Gasteiger partial charge in [0.1, 0.15) is 0 Å². The number of nitrogens with zero attached hydrogens (tertiary/aromatic N) is 1. The molecule has 1 N–H and O–H groups in total.